The standard InChI is InChI=1S/C23H26F2N4O3/c24-17-1-6-21(20(25)13-17)28-9-11-29(12-10-28)22(31)15-27-8-7-16(14-27)23(32)26-18-2-4-19(30)5-3-18/h1-6,13,16,30H,7-12,14-15H2,(H,26,32). The van der Waals surface area contributed by atoms with Gasteiger partial charge in [-0.1, -0.05) is 0 Å². The number of amides is 2. The molecule has 2 aliphatic rings. The van der Waals surface area contributed by atoms with Crippen molar-refractivity contribution >= 4 is 23.2 Å². The molecule has 0 aromatic heterocycles. The second kappa shape index (κ2) is 9.52. The molecule has 2 aromatic rings. The summed E-state index contributed by atoms with van der Waals surface area (Å²) in [5, 5.41) is 12.2. The summed E-state index contributed by atoms with van der Waals surface area (Å²) in [4.78, 5) is 30.8. The van der Waals surface area contributed by atoms with E-state index in [0.29, 0.717) is 57.1 Å². The Morgan fingerprint density at radius 1 is 1.00 bits per heavy atom. The molecule has 0 bridgehead atoms. The Balaban J connectivity index is 1.23. The molecule has 2 fully saturated rings. The minimum absolute atomic E-state index is 0.0104. The third kappa shape index (κ3) is 5.16. The van der Waals surface area contributed by atoms with Gasteiger partial charge < -0.3 is 20.2 Å². The van der Waals surface area contributed by atoms with Crippen molar-refractivity contribution in [3.8, 4) is 5.75 Å². The van der Waals surface area contributed by atoms with E-state index in [1.807, 2.05) is 9.80 Å². The molecule has 1 atom stereocenters. The van der Waals surface area contributed by atoms with Crippen LogP contribution in [0.3, 0.4) is 0 Å². The molecule has 32 heavy (non-hydrogen) atoms. The number of halogens is 2. The second-order valence-electron chi connectivity index (χ2n) is 8.22. The van der Waals surface area contributed by atoms with E-state index in [1.165, 1.54) is 24.3 Å². The predicted molar refractivity (Wildman–Crippen MR) is 116 cm³/mol. The molecule has 4 rings (SSSR count). The number of phenolic OH excluding ortho intramolecular Hbond substituents is 1. The first-order chi connectivity index (χ1) is 15.4. The summed E-state index contributed by atoms with van der Waals surface area (Å²) in [7, 11) is 0. The Morgan fingerprint density at radius 3 is 2.41 bits per heavy atom. The number of hydrogen-bond acceptors (Lipinski definition) is 5. The van der Waals surface area contributed by atoms with Crippen LogP contribution in [0.2, 0.25) is 0 Å². The van der Waals surface area contributed by atoms with Crippen molar-refractivity contribution in [2.45, 2.75) is 6.42 Å². The lowest BCUT2D eigenvalue weighted by Crippen LogP contribution is -2.51. The maximum absolute atomic E-state index is 14.0. The number of benzene rings is 2. The third-order valence-electron chi connectivity index (χ3n) is 6.02. The zero-order chi connectivity index (χ0) is 22.7. The first-order valence-corrected chi connectivity index (χ1v) is 10.7. The molecule has 1 unspecified atom stereocenters. The minimum atomic E-state index is -0.610. The minimum Gasteiger partial charge on any atom is -0.508 e. The summed E-state index contributed by atoms with van der Waals surface area (Å²) in [6.07, 6.45) is 0.675. The molecule has 170 valence electrons. The van der Waals surface area contributed by atoms with Gasteiger partial charge in [0.1, 0.15) is 17.4 Å². The molecule has 0 spiro atoms. The maximum Gasteiger partial charge on any atom is 0.236 e. The van der Waals surface area contributed by atoms with Crippen molar-refractivity contribution in [3.63, 3.8) is 0 Å². The number of carbonyl (C=O) groups excluding carboxylic acids is 2. The quantitative estimate of drug-likeness (QED) is 0.692. The largest absolute Gasteiger partial charge is 0.508 e. The molecular weight excluding hydrogens is 418 g/mol. The highest BCUT2D eigenvalue weighted by molar-refractivity contribution is 5.93. The monoisotopic (exact) mass is 444 g/mol. The third-order valence-corrected chi connectivity index (χ3v) is 6.02. The van der Waals surface area contributed by atoms with E-state index in [0.717, 1.165) is 6.07 Å². The van der Waals surface area contributed by atoms with Gasteiger partial charge in [0, 0.05) is 44.5 Å². The SMILES string of the molecule is O=C(Nc1ccc(O)cc1)C1CCN(CC(=O)N2CCN(c3ccc(F)cc3F)CC2)C1. The lowest BCUT2D eigenvalue weighted by molar-refractivity contribution is -0.132. The smallest absolute Gasteiger partial charge is 0.236 e. The number of nitrogens with zero attached hydrogens (tertiary/aromatic N) is 3. The van der Waals surface area contributed by atoms with Gasteiger partial charge in [0.2, 0.25) is 11.8 Å². The average molecular weight is 444 g/mol. The van der Waals surface area contributed by atoms with Crippen LogP contribution >= 0.6 is 0 Å². The van der Waals surface area contributed by atoms with E-state index in [4.69, 9.17) is 0 Å². The zero-order valence-electron chi connectivity index (χ0n) is 17.6. The Bertz CT molecular complexity index is 978. The Labute approximate surface area is 185 Å². The van der Waals surface area contributed by atoms with Crippen molar-refractivity contribution in [1.29, 1.82) is 0 Å². The van der Waals surface area contributed by atoms with Gasteiger partial charge in [0.15, 0.2) is 0 Å². The van der Waals surface area contributed by atoms with Crippen molar-refractivity contribution in [2.24, 2.45) is 5.92 Å². The van der Waals surface area contributed by atoms with Crippen LogP contribution in [-0.4, -0.2) is 72.5 Å². The van der Waals surface area contributed by atoms with Crippen LogP contribution in [-0.2, 0) is 9.59 Å². The zero-order valence-corrected chi connectivity index (χ0v) is 17.6. The summed E-state index contributed by atoms with van der Waals surface area (Å²) in [5.41, 5.74) is 0.971. The summed E-state index contributed by atoms with van der Waals surface area (Å²) >= 11 is 0. The van der Waals surface area contributed by atoms with Gasteiger partial charge in [0.05, 0.1) is 18.2 Å². The van der Waals surface area contributed by atoms with Crippen LogP contribution in [0.4, 0.5) is 20.2 Å². The molecule has 0 radical (unpaired) electrons. The molecule has 2 amide bonds. The lowest BCUT2D eigenvalue weighted by atomic mass is 10.1. The van der Waals surface area contributed by atoms with E-state index in [-0.39, 0.29) is 30.0 Å². The van der Waals surface area contributed by atoms with E-state index < -0.39 is 11.6 Å². The van der Waals surface area contributed by atoms with Gasteiger partial charge in [-0.3, -0.25) is 14.5 Å². The van der Waals surface area contributed by atoms with Crippen molar-refractivity contribution in [2.75, 3.05) is 56.0 Å². The Morgan fingerprint density at radius 2 is 1.72 bits per heavy atom. The highest BCUT2D eigenvalue weighted by atomic mass is 19.1. The molecule has 7 nitrogen and oxygen atoms in total. The second-order valence-corrected chi connectivity index (χ2v) is 8.22. The molecule has 2 N–H and O–H groups in total. The number of hydrogen-bond donors (Lipinski definition) is 2. The Hall–Kier alpha value is -3.20. The summed E-state index contributed by atoms with van der Waals surface area (Å²) in [6, 6.07) is 9.84. The van der Waals surface area contributed by atoms with Crippen LogP contribution < -0.4 is 10.2 Å². The van der Waals surface area contributed by atoms with Crippen LogP contribution in [0.15, 0.2) is 42.5 Å². The number of anilines is 2. The van der Waals surface area contributed by atoms with Crippen LogP contribution in [0.25, 0.3) is 0 Å². The van der Waals surface area contributed by atoms with Crippen LogP contribution in [0.1, 0.15) is 6.42 Å². The fourth-order valence-corrected chi connectivity index (χ4v) is 4.21. The number of carbonyl (C=O) groups is 2. The molecule has 9 heteroatoms. The van der Waals surface area contributed by atoms with E-state index in [1.54, 1.807) is 17.0 Å². The maximum atomic E-state index is 14.0. The number of nitrogens with one attached hydrogen (secondary N) is 1. The molecule has 0 aliphatic carbocycles. The average Bonchev–Trinajstić information content (AvgIpc) is 3.24. The predicted octanol–water partition coefficient (Wildman–Crippen LogP) is 2.28. The van der Waals surface area contributed by atoms with Gasteiger partial charge in [0.25, 0.3) is 0 Å². The molecule has 2 aromatic carbocycles. The fourth-order valence-electron chi connectivity index (χ4n) is 4.21. The van der Waals surface area contributed by atoms with Gasteiger partial charge in [-0.25, -0.2) is 8.78 Å². The normalized spacial score (nSPS) is 19.2. The molecule has 2 aliphatic heterocycles. The lowest BCUT2D eigenvalue weighted by Gasteiger charge is -2.36. The van der Waals surface area contributed by atoms with Crippen molar-refractivity contribution in [1.82, 2.24) is 9.80 Å². The van der Waals surface area contributed by atoms with E-state index in [9.17, 15) is 23.5 Å². The molecule has 2 heterocycles. The molecular formula is C23H26F2N4O3. The number of piperazine rings is 1. The first kappa shape index (κ1) is 22.0. The van der Waals surface area contributed by atoms with Gasteiger partial charge in [-0.15, -0.1) is 0 Å². The van der Waals surface area contributed by atoms with Crippen LogP contribution in [0, 0.1) is 17.6 Å². The van der Waals surface area contributed by atoms with E-state index >= 15 is 0 Å². The first-order valence-electron chi connectivity index (χ1n) is 10.7. The Kier molecular flexibility index (Phi) is 6.55. The number of likely N-dealkylation sites (tertiary alicyclic amines) is 1. The number of phenols is 1. The van der Waals surface area contributed by atoms with Gasteiger partial charge >= 0.3 is 0 Å². The van der Waals surface area contributed by atoms with Gasteiger partial charge in [-0.2, -0.15) is 0 Å². The number of aromatic hydroxyl groups is 1. The van der Waals surface area contributed by atoms with Crippen LogP contribution in [0.5, 0.6) is 5.75 Å². The fraction of sp³-hybridized carbons (Fsp3) is 0.391. The highest BCUT2D eigenvalue weighted by Crippen LogP contribution is 2.23. The topological polar surface area (TPSA) is 76.1 Å². The highest BCUT2D eigenvalue weighted by Gasteiger charge is 2.31. The summed E-state index contributed by atoms with van der Waals surface area (Å²) in [5.74, 6) is -1.38. The molecule has 0 saturated carbocycles. The number of rotatable bonds is 5. The van der Waals surface area contributed by atoms with Crippen molar-refractivity contribution < 1.29 is 23.5 Å². The summed E-state index contributed by atoms with van der Waals surface area (Å²) in [6.45, 7) is 3.31. The molecule has 2 saturated heterocycles. The van der Waals surface area contributed by atoms with Gasteiger partial charge in [-0.05, 0) is 49.4 Å². The summed E-state index contributed by atoms with van der Waals surface area (Å²) < 4.78 is 27.1. The van der Waals surface area contributed by atoms with Crippen molar-refractivity contribution in [3.05, 3.63) is 54.1 Å². The van der Waals surface area contributed by atoms with E-state index in [2.05, 4.69) is 5.32 Å².